The number of hydrogen-bond donors (Lipinski definition) is 1. The minimum Gasteiger partial charge on any atom is -0.352 e. The summed E-state index contributed by atoms with van der Waals surface area (Å²) in [6, 6.07) is 2.23. The molecule has 5 heteroatoms. The van der Waals surface area contributed by atoms with Crippen LogP contribution in [-0.4, -0.2) is 11.9 Å². The van der Waals surface area contributed by atoms with Gasteiger partial charge >= 0.3 is 0 Å². The molecule has 1 aliphatic carbocycles. The number of hydrogen-bond acceptors (Lipinski definition) is 2. The molecule has 1 aromatic heterocycles. The lowest BCUT2D eigenvalue weighted by Crippen LogP contribution is -2.34. The van der Waals surface area contributed by atoms with E-state index in [9.17, 15) is 4.79 Å². The van der Waals surface area contributed by atoms with Gasteiger partial charge in [-0.1, -0.05) is 12.8 Å². The summed E-state index contributed by atoms with van der Waals surface area (Å²) >= 11 is 11.0. The molecule has 2 rings (SSSR count). The molecule has 0 aliphatic heterocycles. The second-order valence-corrected chi connectivity index (χ2v) is 6.31. The maximum absolute atomic E-state index is 11.9. The minimum absolute atomic E-state index is 0.0667. The molecule has 1 atom stereocenters. The Morgan fingerprint density at radius 3 is 2.81 bits per heavy atom. The molecule has 0 bridgehead atoms. The lowest BCUT2D eigenvalue weighted by molar-refractivity contribution is -0.121. The summed E-state index contributed by atoms with van der Waals surface area (Å²) in [6.45, 7) is 0. The quantitative estimate of drug-likeness (QED) is 0.842. The Hall–Kier alpha value is -0.0600. The minimum atomic E-state index is -0.558. The van der Waals surface area contributed by atoms with Crippen LogP contribution in [0.15, 0.2) is 15.9 Å². The molecule has 1 aromatic rings. The van der Waals surface area contributed by atoms with Crippen molar-refractivity contribution in [2.24, 2.45) is 0 Å². The van der Waals surface area contributed by atoms with Crippen molar-refractivity contribution in [3.8, 4) is 0 Å². The zero-order chi connectivity index (χ0) is 11.5. The van der Waals surface area contributed by atoms with Gasteiger partial charge in [-0.3, -0.25) is 4.79 Å². The van der Waals surface area contributed by atoms with E-state index in [1.807, 2.05) is 11.4 Å². The molecule has 1 heterocycles. The highest BCUT2D eigenvalue weighted by molar-refractivity contribution is 9.10. The van der Waals surface area contributed by atoms with Crippen molar-refractivity contribution in [2.45, 2.75) is 37.1 Å². The second-order valence-electron chi connectivity index (χ2n) is 4.02. The number of halogens is 2. The number of thiophene rings is 1. The topological polar surface area (TPSA) is 29.1 Å². The van der Waals surface area contributed by atoms with E-state index in [0.717, 1.165) is 22.2 Å². The molecule has 1 saturated carbocycles. The zero-order valence-electron chi connectivity index (χ0n) is 8.71. The van der Waals surface area contributed by atoms with E-state index >= 15 is 0 Å². The maximum Gasteiger partial charge on any atom is 0.243 e. The van der Waals surface area contributed by atoms with Crippen LogP contribution in [-0.2, 0) is 4.79 Å². The van der Waals surface area contributed by atoms with Gasteiger partial charge in [-0.25, -0.2) is 0 Å². The van der Waals surface area contributed by atoms with E-state index in [-0.39, 0.29) is 5.91 Å². The summed E-state index contributed by atoms with van der Waals surface area (Å²) in [4.78, 5) is 12.7. The van der Waals surface area contributed by atoms with Crippen LogP contribution >= 0.6 is 38.9 Å². The summed E-state index contributed by atoms with van der Waals surface area (Å²) < 4.78 is 0.979. The van der Waals surface area contributed by atoms with Crippen LogP contribution in [0.3, 0.4) is 0 Å². The molecule has 0 aromatic carbocycles. The predicted octanol–water partition coefficient (Wildman–Crippen LogP) is 3.85. The van der Waals surface area contributed by atoms with Gasteiger partial charge in [0.15, 0.2) is 0 Å². The molecular formula is C11H13BrClNOS. The first-order chi connectivity index (χ1) is 7.66. The molecule has 0 spiro atoms. The average Bonchev–Trinajstić information content (AvgIpc) is 2.88. The standard InChI is InChI=1S/C11H13BrClNOS/c12-7-5-9(16-6-7)10(13)11(15)14-8-3-1-2-4-8/h5-6,8,10H,1-4H2,(H,14,15). The Balaban J connectivity index is 1.93. The number of amides is 1. The Morgan fingerprint density at radius 1 is 1.56 bits per heavy atom. The molecule has 16 heavy (non-hydrogen) atoms. The number of nitrogens with one attached hydrogen (secondary N) is 1. The van der Waals surface area contributed by atoms with Gasteiger partial charge in [0.25, 0.3) is 0 Å². The molecule has 2 nitrogen and oxygen atoms in total. The summed E-state index contributed by atoms with van der Waals surface area (Å²) in [5, 5.41) is 4.39. The van der Waals surface area contributed by atoms with Crippen LogP contribution in [0.5, 0.6) is 0 Å². The third-order valence-electron chi connectivity index (χ3n) is 2.77. The predicted molar refractivity (Wildman–Crippen MR) is 71.0 cm³/mol. The molecule has 1 amide bonds. The normalized spacial score (nSPS) is 18.6. The van der Waals surface area contributed by atoms with Crippen molar-refractivity contribution in [3.05, 3.63) is 20.8 Å². The number of carbonyl (C=O) groups excluding carboxylic acids is 1. The Labute approximate surface area is 113 Å². The van der Waals surface area contributed by atoms with E-state index in [2.05, 4.69) is 21.2 Å². The summed E-state index contributed by atoms with van der Waals surface area (Å²) in [5.41, 5.74) is 0. The van der Waals surface area contributed by atoms with E-state index < -0.39 is 5.38 Å². The highest BCUT2D eigenvalue weighted by Crippen LogP contribution is 2.30. The van der Waals surface area contributed by atoms with E-state index in [1.165, 1.54) is 24.2 Å². The van der Waals surface area contributed by atoms with Crippen LogP contribution < -0.4 is 5.32 Å². The van der Waals surface area contributed by atoms with Crippen molar-refractivity contribution in [1.82, 2.24) is 5.32 Å². The highest BCUT2D eigenvalue weighted by Gasteiger charge is 2.23. The summed E-state index contributed by atoms with van der Waals surface area (Å²) in [6.07, 6.45) is 4.60. The molecule has 1 unspecified atom stereocenters. The van der Waals surface area contributed by atoms with Crippen molar-refractivity contribution >= 4 is 44.8 Å². The van der Waals surface area contributed by atoms with Gasteiger partial charge in [-0.15, -0.1) is 22.9 Å². The number of rotatable bonds is 3. The number of carbonyl (C=O) groups is 1. The first kappa shape index (κ1) is 12.4. The monoisotopic (exact) mass is 321 g/mol. The molecule has 1 fully saturated rings. The summed E-state index contributed by atoms with van der Waals surface area (Å²) in [5.74, 6) is -0.0667. The molecule has 1 N–H and O–H groups in total. The first-order valence-electron chi connectivity index (χ1n) is 5.35. The van der Waals surface area contributed by atoms with Gasteiger partial charge in [-0.2, -0.15) is 0 Å². The zero-order valence-corrected chi connectivity index (χ0v) is 11.9. The molecule has 0 radical (unpaired) electrons. The fourth-order valence-electron chi connectivity index (χ4n) is 1.93. The highest BCUT2D eigenvalue weighted by atomic mass is 79.9. The van der Waals surface area contributed by atoms with Gasteiger partial charge < -0.3 is 5.32 Å². The van der Waals surface area contributed by atoms with Gasteiger partial charge in [0, 0.05) is 20.8 Å². The van der Waals surface area contributed by atoms with Crippen molar-refractivity contribution < 1.29 is 4.79 Å². The van der Waals surface area contributed by atoms with Crippen LogP contribution in [0.2, 0.25) is 0 Å². The van der Waals surface area contributed by atoms with Crippen molar-refractivity contribution in [1.29, 1.82) is 0 Å². The lowest BCUT2D eigenvalue weighted by Gasteiger charge is -2.14. The molecule has 1 aliphatic rings. The largest absolute Gasteiger partial charge is 0.352 e. The van der Waals surface area contributed by atoms with E-state index in [0.29, 0.717) is 6.04 Å². The molecule has 88 valence electrons. The van der Waals surface area contributed by atoms with Crippen LogP contribution in [0, 0.1) is 0 Å². The Morgan fingerprint density at radius 2 is 2.25 bits per heavy atom. The lowest BCUT2D eigenvalue weighted by atomic mass is 10.2. The van der Waals surface area contributed by atoms with Gasteiger partial charge in [0.05, 0.1) is 0 Å². The van der Waals surface area contributed by atoms with E-state index in [4.69, 9.17) is 11.6 Å². The van der Waals surface area contributed by atoms with Crippen molar-refractivity contribution in [2.75, 3.05) is 0 Å². The van der Waals surface area contributed by atoms with Gasteiger partial charge in [0.2, 0.25) is 5.91 Å². The van der Waals surface area contributed by atoms with Crippen LogP contribution in [0.4, 0.5) is 0 Å². The third-order valence-corrected chi connectivity index (χ3v) is 5.09. The van der Waals surface area contributed by atoms with Crippen LogP contribution in [0.25, 0.3) is 0 Å². The fourth-order valence-corrected chi connectivity index (χ4v) is 3.63. The molecular weight excluding hydrogens is 310 g/mol. The second kappa shape index (κ2) is 5.52. The average molecular weight is 323 g/mol. The summed E-state index contributed by atoms with van der Waals surface area (Å²) in [7, 11) is 0. The fraction of sp³-hybridized carbons (Fsp3) is 0.545. The Kier molecular flexibility index (Phi) is 4.27. The SMILES string of the molecule is O=C(NC1CCCC1)C(Cl)c1cc(Br)cs1. The van der Waals surface area contributed by atoms with E-state index in [1.54, 1.807) is 0 Å². The van der Waals surface area contributed by atoms with Gasteiger partial charge in [0.1, 0.15) is 5.38 Å². The third kappa shape index (κ3) is 2.99. The smallest absolute Gasteiger partial charge is 0.243 e. The Bertz CT molecular complexity index is 376. The maximum atomic E-state index is 11.9. The van der Waals surface area contributed by atoms with Gasteiger partial charge in [-0.05, 0) is 34.8 Å². The number of alkyl halides is 1. The molecule has 0 saturated heterocycles. The van der Waals surface area contributed by atoms with Crippen molar-refractivity contribution in [3.63, 3.8) is 0 Å². The first-order valence-corrected chi connectivity index (χ1v) is 7.46. The van der Waals surface area contributed by atoms with Crippen LogP contribution in [0.1, 0.15) is 35.9 Å².